The van der Waals surface area contributed by atoms with E-state index >= 15 is 0 Å². The summed E-state index contributed by atoms with van der Waals surface area (Å²) < 4.78 is 11.1. The van der Waals surface area contributed by atoms with E-state index in [4.69, 9.17) is 0 Å². The highest BCUT2D eigenvalue weighted by Crippen LogP contribution is 2.06. The van der Waals surface area contributed by atoms with Crippen molar-refractivity contribution in [1.29, 1.82) is 0 Å². The molecule has 0 amide bonds. The Kier molecular flexibility index (Phi) is 8.34. The van der Waals surface area contributed by atoms with Crippen LogP contribution in [0.3, 0.4) is 0 Å². The van der Waals surface area contributed by atoms with Gasteiger partial charge in [-0.3, -0.25) is 4.21 Å². The SMILES string of the molecule is CC(C)CCC(C)NCCC(C)S(C)=O. The molecule has 0 aliphatic rings. The van der Waals surface area contributed by atoms with Gasteiger partial charge in [-0.1, -0.05) is 20.8 Å². The van der Waals surface area contributed by atoms with Gasteiger partial charge in [0.1, 0.15) is 0 Å². The highest BCUT2D eigenvalue weighted by molar-refractivity contribution is 7.84. The van der Waals surface area contributed by atoms with E-state index in [-0.39, 0.29) is 0 Å². The van der Waals surface area contributed by atoms with Crippen molar-refractivity contribution in [3.05, 3.63) is 0 Å². The molecule has 15 heavy (non-hydrogen) atoms. The first kappa shape index (κ1) is 15.1. The van der Waals surface area contributed by atoms with Crippen LogP contribution in [0.4, 0.5) is 0 Å². The Bertz CT molecular complexity index is 182. The Morgan fingerprint density at radius 1 is 1.07 bits per heavy atom. The molecule has 0 saturated heterocycles. The number of nitrogens with one attached hydrogen (secondary N) is 1. The van der Waals surface area contributed by atoms with E-state index in [1.54, 1.807) is 6.26 Å². The fourth-order valence-corrected chi connectivity index (χ4v) is 1.83. The number of hydrogen-bond donors (Lipinski definition) is 1. The first-order valence-electron chi connectivity index (χ1n) is 5.99. The maximum absolute atomic E-state index is 11.1. The molecule has 0 aliphatic carbocycles. The molecule has 0 aromatic rings. The molecule has 0 spiro atoms. The minimum atomic E-state index is -0.676. The topological polar surface area (TPSA) is 29.1 Å². The summed E-state index contributed by atoms with van der Waals surface area (Å²) in [5.41, 5.74) is 0. The lowest BCUT2D eigenvalue weighted by Gasteiger charge is -2.16. The average Bonchev–Trinajstić information content (AvgIpc) is 2.14. The zero-order valence-electron chi connectivity index (χ0n) is 10.9. The number of hydrogen-bond acceptors (Lipinski definition) is 2. The second-order valence-corrected chi connectivity index (χ2v) is 6.73. The summed E-state index contributed by atoms with van der Waals surface area (Å²) in [5.74, 6) is 0.788. The largest absolute Gasteiger partial charge is 0.314 e. The summed E-state index contributed by atoms with van der Waals surface area (Å²) in [6.45, 7) is 9.79. The van der Waals surface area contributed by atoms with Crippen LogP contribution in [0, 0.1) is 5.92 Å². The third kappa shape index (κ3) is 9.06. The minimum absolute atomic E-state index is 0.315. The third-order valence-electron chi connectivity index (χ3n) is 2.79. The molecule has 0 aromatic heterocycles. The van der Waals surface area contributed by atoms with Crippen molar-refractivity contribution >= 4 is 10.8 Å². The molecule has 3 unspecified atom stereocenters. The van der Waals surface area contributed by atoms with Crippen LogP contribution >= 0.6 is 0 Å². The summed E-state index contributed by atoms with van der Waals surface area (Å²) in [6, 6.07) is 0.588. The van der Waals surface area contributed by atoms with Crippen molar-refractivity contribution < 1.29 is 4.21 Å². The van der Waals surface area contributed by atoms with Gasteiger partial charge in [0.2, 0.25) is 0 Å². The van der Waals surface area contributed by atoms with Crippen LogP contribution in [0.2, 0.25) is 0 Å². The molecule has 1 N–H and O–H groups in total. The molecule has 0 aliphatic heterocycles. The number of rotatable bonds is 8. The highest BCUT2D eigenvalue weighted by Gasteiger charge is 2.07. The van der Waals surface area contributed by atoms with Gasteiger partial charge in [0, 0.05) is 28.3 Å². The van der Waals surface area contributed by atoms with Gasteiger partial charge in [-0.2, -0.15) is 0 Å². The zero-order valence-corrected chi connectivity index (χ0v) is 11.7. The van der Waals surface area contributed by atoms with Gasteiger partial charge >= 0.3 is 0 Å². The van der Waals surface area contributed by atoms with Crippen LogP contribution in [0.5, 0.6) is 0 Å². The van der Waals surface area contributed by atoms with Gasteiger partial charge in [-0.05, 0) is 38.6 Å². The monoisotopic (exact) mass is 233 g/mol. The molecule has 0 fully saturated rings. The molecule has 3 atom stereocenters. The Morgan fingerprint density at radius 2 is 1.67 bits per heavy atom. The Balaban J connectivity index is 3.46. The summed E-state index contributed by atoms with van der Waals surface area (Å²) in [6.07, 6.45) is 5.31. The van der Waals surface area contributed by atoms with Crippen LogP contribution in [0.15, 0.2) is 0 Å². The molecule has 0 bridgehead atoms. The minimum Gasteiger partial charge on any atom is -0.314 e. The molecule has 0 radical (unpaired) electrons. The third-order valence-corrected chi connectivity index (χ3v) is 4.16. The van der Waals surface area contributed by atoms with E-state index in [1.807, 2.05) is 0 Å². The van der Waals surface area contributed by atoms with Crippen molar-refractivity contribution in [2.24, 2.45) is 5.92 Å². The standard InChI is InChI=1S/C12H27NOS/c1-10(2)6-7-11(3)13-9-8-12(4)15(5)14/h10-13H,6-9H2,1-5H3. The second-order valence-electron chi connectivity index (χ2n) is 4.92. The molecular weight excluding hydrogens is 206 g/mol. The van der Waals surface area contributed by atoms with Gasteiger partial charge in [-0.25, -0.2) is 0 Å². The van der Waals surface area contributed by atoms with E-state index < -0.39 is 10.8 Å². The lowest BCUT2D eigenvalue weighted by atomic mass is 10.0. The van der Waals surface area contributed by atoms with Crippen molar-refractivity contribution in [1.82, 2.24) is 5.32 Å². The summed E-state index contributed by atoms with van der Waals surface area (Å²) in [7, 11) is -0.676. The van der Waals surface area contributed by atoms with Crippen LogP contribution in [-0.4, -0.2) is 28.3 Å². The zero-order chi connectivity index (χ0) is 11.8. The quantitative estimate of drug-likeness (QED) is 0.698. The maximum atomic E-state index is 11.1. The fraction of sp³-hybridized carbons (Fsp3) is 1.00. The Morgan fingerprint density at radius 3 is 2.13 bits per heavy atom. The average molecular weight is 233 g/mol. The maximum Gasteiger partial charge on any atom is 0.0329 e. The normalized spacial score (nSPS) is 17.7. The Hall–Kier alpha value is 0.110. The molecule has 2 nitrogen and oxygen atoms in total. The molecule has 0 saturated carbocycles. The predicted octanol–water partition coefficient (Wildman–Crippen LogP) is 2.56. The fourth-order valence-electron chi connectivity index (χ4n) is 1.38. The van der Waals surface area contributed by atoms with Gasteiger partial charge in [0.25, 0.3) is 0 Å². The molecule has 0 rings (SSSR count). The van der Waals surface area contributed by atoms with Crippen molar-refractivity contribution in [3.63, 3.8) is 0 Å². The lowest BCUT2D eigenvalue weighted by Crippen LogP contribution is -2.29. The van der Waals surface area contributed by atoms with Gasteiger partial charge in [0.05, 0.1) is 0 Å². The van der Waals surface area contributed by atoms with E-state index in [1.165, 1.54) is 12.8 Å². The lowest BCUT2D eigenvalue weighted by molar-refractivity contribution is 0.448. The van der Waals surface area contributed by atoms with E-state index in [2.05, 4.69) is 33.0 Å². The van der Waals surface area contributed by atoms with Crippen LogP contribution in [0.25, 0.3) is 0 Å². The molecular formula is C12H27NOS. The smallest absolute Gasteiger partial charge is 0.0329 e. The summed E-state index contributed by atoms with van der Waals surface area (Å²) in [5, 5.41) is 3.80. The first-order valence-corrected chi connectivity index (χ1v) is 7.61. The van der Waals surface area contributed by atoms with Crippen LogP contribution < -0.4 is 5.32 Å². The van der Waals surface area contributed by atoms with Gasteiger partial charge in [0.15, 0.2) is 0 Å². The molecule has 0 heterocycles. The highest BCUT2D eigenvalue weighted by atomic mass is 32.2. The second kappa shape index (κ2) is 8.28. The van der Waals surface area contributed by atoms with Gasteiger partial charge < -0.3 is 5.32 Å². The van der Waals surface area contributed by atoms with E-state index in [9.17, 15) is 4.21 Å². The van der Waals surface area contributed by atoms with Crippen molar-refractivity contribution in [2.45, 2.75) is 58.2 Å². The molecule has 0 aromatic carbocycles. The van der Waals surface area contributed by atoms with E-state index in [0.29, 0.717) is 11.3 Å². The van der Waals surface area contributed by atoms with Crippen LogP contribution in [0.1, 0.15) is 47.0 Å². The predicted molar refractivity (Wildman–Crippen MR) is 69.7 cm³/mol. The summed E-state index contributed by atoms with van der Waals surface area (Å²) >= 11 is 0. The Labute approximate surface area is 97.7 Å². The van der Waals surface area contributed by atoms with Crippen molar-refractivity contribution in [2.75, 3.05) is 12.8 Å². The first-order chi connectivity index (χ1) is 6.93. The van der Waals surface area contributed by atoms with E-state index in [0.717, 1.165) is 18.9 Å². The summed E-state index contributed by atoms with van der Waals surface area (Å²) in [4.78, 5) is 0. The molecule has 92 valence electrons. The molecule has 3 heteroatoms. The van der Waals surface area contributed by atoms with Crippen molar-refractivity contribution in [3.8, 4) is 0 Å². The van der Waals surface area contributed by atoms with Crippen LogP contribution in [-0.2, 0) is 10.8 Å². The van der Waals surface area contributed by atoms with Gasteiger partial charge in [-0.15, -0.1) is 0 Å².